The van der Waals surface area contributed by atoms with Crippen molar-refractivity contribution in [2.24, 2.45) is 0 Å². The summed E-state index contributed by atoms with van der Waals surface area (Å²) in [6.45, 7) is 4.39. The molecule has 0 heterocycles. The molecule has 0 saturated heterocycles. The molecule has 0 aliphatic carbocycles. The number of rotatable bonds is 6. The molecule has 0 spiro atoms. The van der Waals surface area contributed by atoms with E-state index in [1.165, 1.54) is 5.56 Å². The van der Waals surface area contributed by atoms with Crippen LogP contribution < -0.4 is 10.1 Å². The van der Waals surface area contributed by atoms with Crippen molar-refractivity contribution in [3.05, 3.63) is 62.0 Å². The van der Waals surface area contributed by atoms with E-state index in [-0.39, 0.29) is 0 Å². The van der Waals surface area contributed by atoms with Crippen LogP contribution in [0.15, 0.2) is 40.9 Å². The number of hydrogen-bond donors (Lipinski definition) is 1. The van der Waals surface area contributed by atoms with Gasteiger partial charge in [-0.2, -0.15) is 0 Å². The second kappa shape index (κ2) is 8.04. The molecule has 0 atom stereocenters. The first-order valence-electron chi connectivity index (χ1n) is 6.66. The molecule has 112 valence electrons. The van der Waals surface area contributed by atoms with Gasteiger partial charge >= 0.3 is 0 Å². The molecular weight excluding hydrogens is 373 g/mol. The molecule has 2 aromatic rings. The Morgan fingerprint density at radius 1 is 1.10 bits per heavy atom. The normalized spacial score (nSPS) is 10.7. The molecule has 2 aromatic carbocycles. The average Bonchev–Trinajstić information content (AvgIpc) is 2.47. The summed E-state index contributed by atoms with van der Waals surface area (Å²) in [7, 11) is 0. The Bertz CT molecular complexity index is 619. The van der Waals surface area contributed by atoms with Crippen LogP contribution in [0.3, 0.4) is 0 Å². The van der Waals surface area contributed by atoms with E-state index in [4.69, 9.17) is 27.9 Å². The van der Waals surface area contributed by atoms with Gasteiger partial charge in [0.25, 0.3) is 0 Å². The minimum Gasteiger partial charge on any atom is -0.489 e. The van der Waals surface area contributed by atoms with Crippen molar-refractivity contribution in [1.29, 1.82) is 0 Å². The number of ether oxygens (including phenoxy) is 1. The number of benzene rings is 2. The Morgan fingerprint density at radius 3 is 2.57 bits per heavy atom. The fourth-order valence-electron chi connectivity index (χ4n) is 1.81. The van der Waals surface area contributed by atoms with Crippen molar-refractivity contribution in [1.82, 2.24) is 5.32 Å². The zero-order chi connectivity index (χ0) is 15.2. The summed E-state index contributed by atoms with van der Waals surface area (Å²) in [5.41, 5.74) is 2.32. The topological polar surface area (TPSA) is 21.3 Å². The maximum Gasteiger partial charge on any atom is 0.121 e. The van der Waals surface area contributed by atoms with Crippen LogP contribution in [0.4, 0.5) is 0 Å². The van der Waals surface area contributed by atoms with Crippen molar-refractivity contribution >= 4 is 39.1 Å². The van der Waals surface area contributed by atoms with E-state index in [9.17, 15) is 0 Å². The molecule has 21 heavy (non-hydrogen) atoms. The Morgan fingerprint density at radius 2 is 1.90 bits per heavy atom. The lowest BCUT2D eigenvalue weighted by Crippen LogP contribution is -2.11. The van der Waals surface area contributed by atoms with Crippen LogP contribution in [-0.4, -0.2) is 6.54 Å². The van der Waals surface area contributed by atoms with E-state index in [0.29, 0.717) is 22.4 Å². The molecule has 2 rings (SSSR count). The predicted molar refractivity (Wildman–Crippen MR) is 92.3 cm³/mol. The SMILES string of the molecule is CCNCc1ccc(COc2ccc(Cl)c(Cl)c2)c(Br)c1. The van der Waals surface area contributed by atoms with Gasteiger partial charge in [-0.25, -0.2) is 0 Å². The third kappa shape index (κ3) is 4.89. The van der Waals surface area contributed by atoms with Crippen molar-refractivity contribution < 1.29 is 4.74 Å². The molecule has 0 aliphatic rings. The van der Waals surface area contributed by atoms with Crippen LogP contribution in [0.5, 0.6) is 5.75 Å². The fourth-order valence-corrected chi connectivity index (χ4v) is 2.64. The summed E-state index contributed by atoms with van der Waals surface area (Å²) in [5.74, 6) is 0.702. The fraction of sp³-hybridized carbons (Fsp3) is 0.250. The van der Waals surface area contributed by atoms with Crippen molar-refractivity contribution in [2.75, 3.05) is 6.54 Å². The van der Waals surface area contributed by atoms with E-state index in [0.717, 1.165) is 23.1 Å². The predicted octanol–water partition coefficient (Wildman–Crippen LogP) is 5.44. The number of halogens is 3. The summed E-state index contributed by atoms with van der Waals surface area (Å²) in [6.07, 6.45) is 0. The molecule has 2 nitrogen and oxygen atoms in total. The van der Waals surface area contributed by atoms with Gasteiger partial charge in [0.2, 0.25) is 0 Å². The molecule has 0 bridgehead atoms. The number of hydrogen-bond acceptors (Lipinski definition) is 2. The van der Waals surface area contributed by atoms with Crippen molar-refractivity contribution in [2.45, 2.75) is 20.1 Å². The molecular formula is C16H16BrCl2NO. The van der Waals surface area contributed by atoms with Gasteiger partial charge < -0.3 is 10.1 Å². The third-order valence-electron chi connectivity index (χ3n) is 2.98. The van der Waals surface area contributed by atoms with Gasteiger partial charge in [0.05, 0.1) is 10.0 Å². The first kappa shape index (κ1) is 16.6. The van der Waals surface area contributed by atoms with Gasteiger partial charge in [-0.05, 0) is 30.3 Å². The molecule has 0 aromatic heterocycles. The smallest absolute Gasteiger partial charge is 0.121 e. The lowest BCUT2D eigenvalue weighted by atomic mass is 10.1. The lowest BCUT2D eigenvalue weighted by molar-refractivity contribution is 0.305. The van der Waals surface area contributed by atoms with Gasteiger partial charge in [-0.15, -0.1) is 0 Å². The van der Waals surface area contributed by atoms with Gasteiger partial charge in [-0.1, -0.05) is 58.2 Å². The van der Waals surface area contributed by atoms with E-state index in [1.54, 1.807) is 12.1 Å². The van der Waals surface area contributed by atoms with Crippen LogP contribution in [-0.2, 0) is 13.2 Å². The molecule has 0 unspecified atom stereocenters. The van der Waals surface area contributed by atoms with Crippen LogP contribution >= 0.6 is 39.1 Å². The van der Waals surface area contributed by atoms with Crippen LogP contribution in [0.1, 0.15) is 18.1 Å². The highest BCUT2D eigenvalue weighted by Gasteiger charge is 2.04. The molecule has 0 amide bonds. The van der Waals surface area contributed by atoms with E-state index in [1.807, 2.05) is 6.07 Å². The first-order chi connectivity index (χ1) is 10.1. The summed E-state index contributed by atoms with van der Waals surface area (Å²) in [4.78, 5) is 0. The highest BCUT2D eigenvalue weighted by atomic mass is 79.9. The highest BCUT2D eigenvalue weighted by Crippen LogP contribution is 2.27. The highest BCUT2D eigenvalue weighted by molar-refractivity contribution is 9.10. The summed E-state index contributed by atoms with van der Waals surface area (Å²) in [6, 6.07) is 11.5. The van der Waals surface area contributed by atoms with E-state index < -0.39 is 0 Å². The largest absolute Gasteiger partial charge is 0.489 e. The lowest BCUT2D eigenvalue weighted by Gasteiger charge is -2.10. The third-order valence-corrected chi connectivity index (χ3v) is 4.46. The summed E-state index contributed by atoms with van der Waals surface area (Å²) >= 11 is 15.4. The molecule has 0 fully saturated rings. The van der Waals surface area contributed by atoms with Gasteiger partial charge in [0.15, 0.2) is 0 Å². The van der Waals surface area contributed by atoms with Crippen LogP contribution in [0, 0.1) is 0 Å². The monoisotopic (exact) mass is 387 g/mol. The Balaban J connectivity index is 2.01. The molecule has 5 heteroatoms. The van der Waals surface area contributed by atoms with Gasteiger partial charge in [-0.3, -0.25) is 0 Å². The minimum absolute atomic E-state index is 0.472. The Labute approximate surface area is 143 Å². The Hall–Kier alpha value is -0.740. The van der Waals surface area contributed by atoms with Crippen molar-refractivity contribution in [3.63, 3.8) is 0 Å². The minimum atomic E-state index is 0.472. The molecule has 0 aliphatic heterocycles. The van der Waals surface area contributed by atoms with Crippen LogP contribution in [0.2, 0.25) is 10.0 Å². The zero-order valence-corrected chi connectivity index (χ0v) is 14.7. The zero-order valence-electron chi connectivity index (χ0n) is 11.6. The first-order valence-corrected chi connectivity index (χ1v) is 8.21. The average molecular weight is 389 g/mol. The maximum absolute atomic E-state index is 5.97. The molecule has 1 N–H and O–H groups in total. The quantitative estimate of drug-likeness (QED) is 0.710. The second-order valence-electron chi connectivity index (χ2n) is 4.57. The van der Waals surface area contributed by atoms with Gasteiger partial charge in [0.1, 0.15) is 12.4 Å². The molecule has 0 radical (unpaired) electrons. The van der Waals surface area contributed by atoms with Gasteiger partial charge in [0, 0.05) is 22.6 Å². The van der Waals surface area contributed by atoms with Crippen LogP contribution in [0.25, 0.3) is 0 Å². The summed E-state index contributed by atoms with van der Waals surface area (Å²) in [5, 5.41) is 4.32. The maximum atomic E-state index is 5.97. The second-order valence-corrected chi connectivity index (χ2v) is 6.24. The van der Waals surface area contributed by atoms with Crippen molar-refractivity contribution in [3.8, 4) is 5.75 Å². The standard InChI is InChI=1S/C16H16BrCl2NO/c1-2-20-9-11-3-4-12(14(17)7-11)10-21-13-5-6-15(18)16(19)8-13/h3-8,20H,2,9-10H2,1H3. The van der Waals surface area contributed by atoms with E-state index >= 15 is 0 Å². The Kier molecular flexibility index (Phi) is 6.37. The summed E-state index contributed by atoms with van der Waals surface area (Å²) < 4.78 is 6.78. The van der Waals surface area contributed by atoms with E-state index in [2.05, 4.69) is 46.4 Å². The molecule has 0 saturated carbocycles. The number of nitrogens with one attached hydrogen (secondary N) is 1.